The lowest BCUT2D eigenvalue weighted by Crippen LogP contribution is -2.51. The molecule has 0 aliphatic carbocycles. The number of phenolic OH excluding ortho intramolecular Hbond substituents is 1. The number of hydrogen-bond donors (Lipinski definition) is 2. The van der Waals surface area contributed by atoms with Crippen molar-refractivity contribution in [1.82, 2.24) is 10.0 Å². The monoisotopic (exact) mass is 830 g/mol. The number of phenols is 1. The van der Waals surface area contributed by atoms with Crippen LogP contribution in [-0.4, -0.2) is 53.8 Å². The molecule has 9 nitrogen and oxygen atoms in total. The van der Waals surface area contributed by atoms with Gasteiger partial charge in [-0.25, -0.2) is 4.98 Å². The topological polar surface area (TPSA) is 104 Å². The summed E-state index contributed by atoms with van der Waals surface area (Å²) in [7, 11) is 1.64. The SMILES string of the molecule is COc1ccc2c(c1)CCN(OCCN1C(=O)C(=Cc3cc(Br)c(O)c(Br)c3)c3cc(Br)ccc31)C2(C)CC(=O)Nc1nccs1. The Labute approximate surface area is 295 Å². The number of nitrogens with one attached hydrogen (secondary N) is 1. The van der Waals surface area contributed by atoms with Crippen LogP contribution < -0.4 is 15.0 Å². The first-order chi connectivity index (χ1) is 22.1. The minimum atomic E-state index is -0.788. The van der Waals surface area contributed by atoms with Crippen LogP contribution in [0.25, 0.3) is 11.6 Å². The van der Waals surface area contributed by atoms with Crippen LogP contribution in [0.1, 0.15) is 35.6 Å². The molecule has 0 fully saturated rings. The van der Waals surface area contributed by atoms with E-state index in [4.69, 9.17) is 9.57 Å². The van der Waals surface area contributed by atoms with Gasteiger partial charge < -0.3 is 20.1 Å². The number of thiazole rings is 1. The molecule has 4 aromatic rings. The lowest BCUT2D eigenvalue weighted by atomic mass is 9.80. The predicted octanol–water partition coefficient (Wildman–Crippen LogP) is 7.77. The molecule has 13 heteroatoms. The molecule has 1 atom stereocenters. The molecule has 6 rings (SSSR count). The quantitative estimate of drug-likeness (QED) is 0.166. The molecule has 46 heavy (non-hydrogen) atoms. The van der Waals surface area contributed by atoms with Gasteiger partial charge in [-0.2, -0.15) is 5.06 Å². The van der Waals surface area contributed by atoms with E-state index in [1.165, 1.54) is 11.3 Å². The zero-order valence-electron chi connectivity index (χ0n) is 24.9. The fourth-order valence-electron chi connectivity index (χ4n) is 5.95. The fraction of sp³-hybridized carbons (Fsp3) is 0.242. The third-order valence-corrected chi connectivity index (χ3v) is 10.5. The summed E-state index contributed by atoms with van der Waals surface area (Å²) in [4.78, 5) is 39.5. The van der Waals surface area contributed by atoms with Crippen LogP contribution in [0.2, 0.25) is 0 Å². The van der Waals surface area contributed by atoms with Gasteiger partial charge in [0.2, 0.25) is 5.91 Å². The van der Waals surface area contributed by atoms with E-state index in [2.05, 4.69) is 58.1 Å². The van der Waals surface area contributed by atoms with Crippen molar-refractivity contribution in [2.45, 2.75) is 25.3 Å². The van der Waals surface area contributed by atoms with Gasteiger partial charge in [0, 0.05) is 33.7 Å². The van der Waals surface area contributed by atoms with Crippen molar-refractivity contribution >= 4 is 93.4 Å². The molecule has 0 saturated carbocycles. The summed E-state index contributed by atoms with van der Waals surface area (Å²) in [5.41, 5.74) is 4.15. The normalized spacial score (nSPS) is 18.5. The highest BCUT2D eigenvalue weighted by Gasteiger charge is 2.42. The molecule has 0 saturated heterocycles. The van der Waals surface area contributed by atoms with Crippen molar-refractivity contribution in [3.63, 3.8) is 0 Å². The number of halogens is 3. The third kappa shape index (κ3) is 6.54. The maximum absolute atomic E-state index is 13.9. The summed E-state index contributed by atoms with van der Waals surface area (Å²) < 4.78 is 7.35. The van der Waals surface area contributed by atoms with Crippen LogP contribution >= 0.6 is 59.1 Å². The van der Waals surface area contributed by atoms with E-state index in [-0.39, 0.29) is 30.6 Å². The van der Waals surface area contributed by atoms with Crippen LogP contribution in [0.3, 0.4) is 0 Å². The Morgan fingerprint density at radius 1 is 1.15 bits per heavy atom. The van der Waals surface area contributed by atoms with Crippen LogP contribution in [0.5, 0.6) is 11.5 Å². The number of benzene rings is 3. The molecule has 0 radical (unpaired) electrons. The van der Waals surface area contributed by atoms with E-state index >= 15 is 0 Å². The first kappa shape index (κ1) is 32.9. The third-order valence-electron chi connectivity index (χ3n) is 8.14. The molecular weight excluding hydrogens is 804 g/mol. The Kier molecular flexibility index (Phi) is 9.70. The maximum atomic E-state index is 13.9. The van der Waals surface area contributed by atoms with Crippen molar-refractivity contribution in [3.05, 3.63) is 95.8 Å². The van der Waals surface area contributed by atoms with Crippen LogP contribution in [-0.2, 0) is 26.4 Å². The number of aromatic hydroxyl groups is 1. The molecule has 2 aliphatic rings. The summed E-state index contributed by atoms with van der Waals surface area (Å²) in [5.74, 6) is 0.523. The van der Waals surface area contributed by atoms with Crippen molar-refractivity contribution < 1.29 is 24.3 Å². The number of hydroxylamine groups is 2. The molecule has 1 aromatic heterocycles. The van der Waals surface area contributed by atoms with Gasteiger partial charge in [-0.05, 0) is 110 Å². The number of carbonyl (C=O) groups excluding carboxylic acids is 2. The molecule has 0 spiro atoms. The molecular formula is C33H29Br3N4O5S. The largest absolute Gasteiger partial charge is 0.506 e. The minimum Gasteiger partial charge on any atom is -0.506 e. The highest BCUT2D eigenvalue weighted by molar-refractivity contribution is 9.11. The Balaban J connectivity index is 1.24. The molecule has 2 amide bonds. The van der Waals surface area contributed by atoms with Gasteiger partial charge in [0.15, 0.2) is 5.13 Å². The van der Waals surface area contributed by atoms with Gasteiger partial charge in [0.1, 0.15) is 11.5 Å². The van der Waals surface area contributed by atoms with E-state index in [1.807, 2.05) is 59.8 Å². The Morgan fingerprint density at radius 3 is 2.65 bits per heavy atom. The standard InChI is InChI=1S/C33H29Br3N4O5S/c1-33(18-29(41)38-32-37-8-12-46-32)25-5-4-22(44-2)16-20(25)7-9-40(33)45-11-10-39-28-6-3-21(34)17-23(28)24(31(39)43)13-19-14-26(35)30(42)27(36)15-19/h3-6,8,12-17,42H,7,9-11,18H2,1-2H3,(H,37,38,41). The summed E-state index contributed by atoms with van der Waals surface area (Å²) in [5, 5.41) is 17.3. The maximum Gasteiger partial charge on any atom is 0.259 e. The second kappa shape index (κ2) is 13.6. The lowest BCUT2D eigenvalue weighted by molar-refractivity contribution is -0.226. The highest BCUT2D eigenvalue weighted by atomic mass is 79.9. The van der Waals surface area contributed by atoms with Crippen LogP contribution in [0.15, 0.2) is 73.5 Å². The van der Waals surface area contributed by atoms with Crippen molar-refractivity contribution in [1.29, 1.82) is 0 Å². The van der Waals surface area contributed by atoms with Gasteiger partial charge >= 0.3 is 0 Å². The summed E-state index contributed by atoms with van der Waals surface area (Å²) >= 11 is 11.7. The predicted molar refractivity (Wildman–Crippen MR) is 190 cm³/mol. The van der Waals surface area contributed by atoms with Gasteiger partial charge in [0.05, 0.1) is 46.9 Å². The lowest BCUT2D eigenvalue weighted by Gasteiger charge is -2.44. The zero-order valence-corrected chi connectivity index (χ0v) is 30.4. The Hall–Kier alpha value is -3.07. The van der Waals surface area contributed by atoms with Gasteiger partial charge in [-0.3, -0.25) is 14.4 Å². The number of anilines is 2. The minimum absolute atomic E-state index is 0.0916. The Bertz CT molecular complexity index is 1830. The van der Waals surface area contributed by atoms with Gasteiger partial charge in [-0.15, -0.1) is 11.3 Å². The second-order valence-electron chi connectivity index (χ2n) is 11.1. The molecule has 3 heterocycles. The van der Waals surface area contributed by atoms with Gasteiger partial charge in [0.25, 0.3) is 5.91 Å². The fourth-order valence-corrected chi connectivity index (χ4v) is 8.08. The molecule has 2 aliphatic heterocycles. The van der Waals surface area contributed by atoms with Crippen molar-refractivity contribution in [3.8, 4) is 11.5 Å². The number of hydrogen-bond acceptors (Lipinski definition) is 8. The van der Waals surface area contributed by atoms with E-state index in [1.54, 1.807) is 30.3 Å². The summed E-state index contributed by atoms with van der Waals surface area (Å²) in [6, 6.07) is 15.2. The average Bonchev–Trinajstić information content (AvgIpc) is 3.62. The number of methoxy groups -OCH3 is 1. The number of rotatable bonds is 9. The molecule has 2 N–H and O–H groups in total. The van der Waals surface area contributed by atoms with Gasteiger partial charge in [-0.1, -0.05) is 22.0 Å². The van der Waals surface area contributed by atoms with Crippen molar-refractivity contribution in [2.24, 2.45) is 0 Å². The average molecular weight is 833 g/mol. The second-order valence-corrected chi connectivity index (χ2v) is 14.6. The number of aromatic nitrogens is 1. The molecule has 238 valence electrons. The highest BCUT2D eigenvalue weighted by Crippen LogP contribution is 2.42. The summed E-state index contributed by atoms with van der Waals surface area (Å²) in [6.07, 6.45) is 4.31. The van der Waals surface area contributed by atoms with E-state index in [0.717, 1.165) is 38.2 Å². The van der Waals surface area contributed by atoms with Crippen LogP contribution in [0, 0.1) is 0 Å². The first-order valence-electron chi connectivity index (χ1n) is 14.4. The number of nitrogens with zero attached hydrogens (tertiary/aromatic N) is 3. The Morgan fingerprint density at radius 2 is 1.93 bits per heavy atom. The van der Waals surface area contributed by atoms with Crippen molar-refractivity contribution in [2.75, 3.05) is 37.0 Å². The first-order valence-corrected chi connectivity index (χ1v) is 17.6. The zero-order chi connectivity index (χ0) is 32.6. The molecule has 0 bridgehead atoms. The number of amides is 2. The van der Waals surface area contributed by atoms with Crippen LogP contribution in [0.4, 0.5) is 10.8 Å². The van der Waals surface area contributed by atoms with E-state index < -0.39 is 5.54 Å². The smallest absolute Gasteiger partial charge is 0.259 e. The summed E-state index contributed by atoms with van der Waals surface area (Å²) in [6.45, 7) is 3.05. The molecule has 1 unspecified atom stereocenters. The number of carbonyl (C=O) groups is 2. The molecule has 3 aromatic carbocycles. The number of fused-ring (bicyclic) bond motifs is 2. The number of ether oxygens (including phenoxy) is 1. The van der Waals surface area contributed by atoms with E-state index in [9.17, 15) is 14.7 Å². The van der Waals surface area contributed by atoms with E-state index in [0.29, 0.717) is 39.2 Å².